The molecule has 0 aliphatic carbocycles. The van der Waals surface area contributed by atoms with Crippen LogP contribution in [0.15, 0.2) is 6.20 Å². The second-order valence-electron chi connectivity index (χ2n) is 5.22. The van der Waals surface area contributed by atoms with Crippen molar-refractivity contribution in [3.05, 3.63) is 11.9 Å². The molecule has 2 N–H and O–H groups in total. The van der Waals surface area contributed by atoms with Gasteiger partial charge in [-0.1, -0.05) is 26.0 Å². The first-order valence-electron chi connectivity index (χ1n) is 4.89. The fraction of sp³-hybridized carbons (Fsp3) is 0.700. The third-order valence-electron chi connectivity index (χ3n) is 2.44. The number of hydrogen-bond donors (Lipinski definition) is 1. The molecule has 0 aliphatic rings. The van der Waals surface area contributed by atoms with Crippen molar-refractivity contribution in [1.82, 2.24) is 15.0 Å². The summed E-state index contributed by atoms with van der Waals surface area (Å²) in [5, 5.41) is 7.98. The van der Waals surface area contributed by atoms with Crippen LogP contribution in [0.3, 0.4) is 0 Å². The SMILES string of the molecule is CC(C)(C)c1cn(C(C)(C)C(N)=O)nn1. The molecule has 1 aromatic heterocycles. The molecule has 1 aromatic rings. The summed E-state index contributed by atoms with van der Waals surface area (Å²) in [6.07, 6.45) is 1.77. The molecule has 84 valence electrons. The van der Waals surface area contributed by atoms with Crippen LogP contribution in [0.5, 0.6) is 0 Å². The minimum absolute atomic E-state index is 0.0774. The number of hydrogen-bond acceptors (Lipinski definition) is 3. The van der Waals surface area contributed by atoms with Crippen molar-refractivity contribution in [3.63, 3.8) is 0 Å². The fourth-order valence-electron chi connectivity index (χ4n) is 0.994. The number of nitrogens with zero attached hydrogens (tertiary/aromatic N) is 3. The van der Waals surface area contributed by atoms with Crippen molar-refractivity contribution in [3.8, 4) is 0 Å². The topological polar surface area (TPSA) is 73.8 Å². The molecule has 0 bridgehead atoms. The second-order valence-corrected chi connectivity index (χ2v) is 5.22. The van der Waals surface area contributed by atoms with E-state index in [1.165, 1.54) is 4.68 Å². The van der Waals surface area contributed by atoms with E-state index in [-0.39, 0.29) is 5.41 Å². The lowest BCUT2D eigenvalue weighted by Gasteiger charge is -2.20. The van der Waals surface area contributed by atoms with E-state index in [1.807, 2.05) is 20.8 Å². The summed E-state index contributed by atoms with van der Waals surface area (Å²) in [5.41, 5.74) is 5.22. The van der Waals surface area contributed by atoms with Gasteiger partial charge in [0.1, 0.15) is 5.54 Å². The molecule has 0 aromatic carbocycles. The molecule has 1 amide bonds. The van der Waals surface area contributed by atoms with Gasteiger partial charge in [-0.15, -0.1) is 5.10 Å². The van der Waals surface area contributed by atoms with Gasteiger partial charge < -0.3 is 5.73 Å². The van der Waals surface area contributed by atoms with Gasteiger partial charge in [0.15, 0.2) is 0 Å². The van der Waals surface area contributed by atoms with Crippen LogP contribution in [0.4, 0.5) is 0 Å². The average Bonchev–Trinajstić information content (AvgIpc) is 2.50. The van der Waals surface area contributed by atoms with Crippen LogP contribution in [-0.2, 0) is 15.7 Å². The summed E-state index contributed by atoms with van der Waals surface area (Å²) < 4.78 is 1.51. The summed E-state index contributed by atoms with van der Waals surface area (Å²) >= 11 is 0. The number of rotatable bonds is 2. The lowest BCUT2D eigenvalue weighted by atomic mass is 9.93. The predicted octanol–water partition coefficient (Wildman–Crippen LogP) is 0.796. The summed E-state index contributed by atoms with van der Waals surface area (Å²) in [5.74, 6) is -0.423. The van der Waals surface area contributed by atoms with Crippen molar-refractivity contribution in [1.29, 1.82) is 0 Å². The van der Waals surface area contributed by atoms with Crippen molar-refractivity contribution >= 4 is 5.91 Å². The standard InChI is InChI=1S/C10H18N4O/c1-9(2,3)7-6-14(13-12-7)10(4,5)8(11)15/h6H,1-5H3,(H2,11,15). The largest absolute Gasteiger partial charge is 0.368 e. The molecule has 1 heterocycles. The van der Waals surface area contributed by atoms with Gasteiger partial charge in [0.05, 0.1) is 11.9 Å². The maximum Gasteiger partial charge on any atom is 0.244 e. The summed E-state index contributed by atoms with van der Waals surface area (Å²) in [4.78, 5) is 11.2. The first-order chi connectivity index (χ1) is 6.65. The molecule has 0 fully saturated rings. The van der Waals surface area contributed by atoms with Crippen molar-refractivity contribution in [2.45, 2.75) is 45.6 Å². The third kappa shape index (κ3) is 2.16. The van der Waals surface area contributed by atoms with Crippen molar-refractivity contribution < 1.29 is 4.79 Å². The molecule has 5 nitrogen and oxygen atoms in total. The van der Waals surface area contributed by atoms with Crippen molar-refractivity contribution in [2.24, 2.45) is 5.73 Å². The minimum atomic E-state index is -0.837. The average molecular weight is 210 g/mol. The van der Waals surface area contributed by atoms with Crippen LogP contribution in [0.1, 0.15) is 40.3 Å². The van der Waals surface area contributed by atoms with E-state index in [9.17, 15) is 4.79 Å². The van der Waals surface area contributed by atoms with Crippen LogP contribution in [-0.4, -0.2) is 20.9 Å². The molecular weight excluding hydrogens is 192 g/mol. The quantitative estimate of drug-likeness (QED) is 0.784. The number of amides is 1. The molecule has 0 radical (unpaired) electrons. The molecule has 0 spiro atoms. The zero-order valence-electron chi connectivity index (χ0n) is 9.90. The monoisotopic (exact) mass is 210 g/mol. The molecule has 0 unspecified atom stereocenters. The first-order valence-corrected chi connectivity index (χ1v) is 4.89. The zero-order chi connectivity index (χ0) is 11.9. The molecular formula is C10H18N4O. The maximum absolute atomic E-state index is 11.2. The Morgan fingerprint density at radius 2 is 1.87 bits per heavy atom. The lowest BCUT2D eigenvalue weighted by Crippen LogP contribution is -2.41. The van der Waals surface area contributed by atoms with E-state index < -0.39 is 11.4 Å². The molecule has 15 heavy (non-hydrogen) atoms. The Balaban J connectivity index is 3.10. The van der Waals surface area contributed by atoms with E-state index in [0.717, 1.165) is 5.69 Å². The van der Waals surface area contributed by atoms with Crippen LogP contribution >= 0.6 is 0 Å². The Bertz CT molecular complexity index is 373. The molecule has 5 heteroatoms. The number of carbonyl (C=O) groups excluding carboxylic acids is 1. The first kappa shape index (κ1) is 11.7. The summed E-state index contributed by atoms with van der Waals surface area (Å²) in [6, 6.07) is 0. The van der Waals surface area contributed by atoms with Gasteiger partial charge in [0, 0.05) is 5.41 Å². The Morgan fingerprint density at radius 1 is 1.33 bits per heavy atom. The van der Waals surface area contributed by atoms with Gasteiger partial charge in [0.25, 0.3) is 0 Å². The van der Waals surface area contributed by atoms with Gasteiger partial charge in [-0.3, -0.25) is 4.79 Å². The highest BCUT2D eigenvalue weighted by molar-refractivity contribution is 5.81. The van der Waals surface area contributed by atoms with Crippen LogP contribution in [0.25, 0.3) is 0 Å². The Morgan fingerprint density at radius 3 is 2.20 bits per heavy atom. The number of nitrogens with two attached hydrogens (primary N) is 1. The van der Waals surface area contributed by atoms with Crippen LogP contribution < -0.4 is 5.73 Å². The summed E-state index contributed by atoms with van der Waals surface area (Å²) in [6.45, 7) is 9.56. The Hall–Kier alpha value is -1.39. The molecule has 0 saturated heterocycles. The highest BCUT2D eigenvalue weighted by Gasteiger charge is 2.30. The zero-order valence-corrected chi connectivity index (χ0v) is 9.90. The smallest absolute Gasteiger partial charge is 0.244 e. The number of primary amides is 1. The van der Waals surface area contributed by atoms with Gasteiger partial charge in [-0.2, -0.15) is 0 Å². The van der Waals surface area contributed by atoms with Gasteiger partial charge >= 0.3 is 0 Å². The second kappa shape index (κ2) is 3.32. The highest BCUT2D eigenvalue weighted by atomic mass is 16.1. The molecule has 0 saturated carbocycles. The maximum atomic E-state index is 11.2. The van der Waals surface area contributed by atoms with Crippen LogP contribution in [0.2, 0.25) is 0 Å². The van der Waals surface area contributed by atoms with Gasteiger partial charge in [0.2, 0.25) is 5.91 Å². The minimum Gasteiger partial charge on any atom is -0.368 e. The van der Waals surface area contributed by atoms with Gasteiger partial charge in [-0.05, 0) is 13.8 Å². The fourth-order valence-corrected chi connectivity index (χ4v) is 0.994. The van der Waals surface area contributed by atoms with Crippen LogP contribution in [0, 0.1) is 0 Å². The van der Waals surface area contributed by atoms with Crippen molar-refractivity contribution in [2.75, 3.05) is 0 Å². The summed E-state index contributed by atoms with van der Waals surface area (Å²) in [7, 11) is 0. The number of carbonyl (C=O) groups is 1. The highest BCUT2D eigenvalue weighted by Crippen LogP contribution is 2.21. The molecule has 0 aliphatic heterocycles. The van der Waals surface area contributed by atoms with E-state index >= 15 is 0 Å². The van der Waals surface area contributed by atoms with Gasteiger partial charge in [-0.25, -0.2) is 4.68 Å². The Labute approximate surface area is 89.6 Å². The molecule has 0 atom stereocenters. The third-order valence-corrected chi connectivity index (χ3v) is 2.44. The molecule has 1 rings (SSSR count). The number of aromatic nitrogens is 3. The normalized spacial score (nSPS) is 12.9. The van der Waals surface area contributed by atoms with E-state index in [1.54, 1.807) is 20.0 Å². The lowest BCUT2D eigenvalue weighted by molar-refractivity contribution is -0.125. The Kier molecular flexibility index (Phi) is 2.59. The van der Waals surface area contributed by atoms with E-state index in [4.69, 9.17) is 5.73 Å². The van der Waals surface area contributed by atoms with E-state index in [2.05, 4.69) is 10.3 Å². The van der Waals surface area contributed by atoms with E-state index in [0.29, 0.717) is 0 Å². The predicted molar refractivity (Wildman–Crippen MR) is 57.2 cm³/mol.